The molecule has 1 heterocycles. The molecule has 0 saturated heterocycles. The first-order valence-electron chi connectivity index (χ1n) is 7.81. The molecule has 1 N–H and O–H groups in total. The molecule has 0 bridgehead atoms. The Labute approximate surface area is 121 Å². The molecule has 3 nitrogen and oxygen atoms in total. The van der Waals surface area contributed by atoms with Crippen molar-refractivity contribution < 1.29 is 0 Å². The lowest BCUT2D eigenvalue weighted by Crippen LogP contribution is -2.27. The number of nitrogens with one attached hydrogen (secondary N) is 1. The molecule has 0 unspecified atom stereocenters. The number of nitrogens with zero attached hydrogens (tertiary/aromatic N) is 2. The van der Waals surface area contributed by atoms with Crippen molar-refractivity contribution in [1.82, 2.24) is 15.1 Å². The van der Waals surface area contributed by atoms with Crippen molar-refractivity contribution in [2.75, 3.05) is 6.54 Å². The Balaban J connectivity index is 1.72. The minimum atomic E-state index is 0.559. The van der Waals surface area contributed by atoms with E-state index in [1.54, 1.807) is 0 Å². The molecule has 1 aromatic carbocycles. The predicted octanol–water partition coefficient (Wildman–Crippen LogP) is 3.58. The number of benzene rings is 1. The number of para-hydroxylation sites is 1. The van der Waals surface area contributed by atoms with E-state index in [-0.39, 0.29) is 0 Å². The summed E-state index contributed by atoms with van der Waals surface area (Å²) < 4.78 is 2.10. The molecule has 1 fully saturated rings. The molecule has 2 aromatic rings. The summed E-state index contributed by atoms with van der Waals surface area (Å²) in [6.07, 6.45) is 2.75. The Morgan fingerprint density at radius 1 is 1.30 bits per heavy atom. The molecule has 108 valence electrons. The van der Waals surface area contributed by atoms with Gasteiger partial charge in [-0.2, -0.15) is 5.10 Å². The van der Waals surface area contributed by atoms with Gasteiger partial charge in [-0.1, -0.05) is 32.0 Å². The highest BCUT2D eigenvalue weighted by atomic mass is 15.3. The molecule has 1 saturated carbocycles. The number of rotatable bonds is 6. The molecular weight excluding hydrogens is 246 g/mol. The summed E-state index contributed by atoms with van der Waals surface area (Å²) in [7, 11) is 0. The zero-order chi connectivity index (χ0) is 14.2. The van der Waals surface area contributed by atoms with Crippen molar-refractivity contribution in [3.8, 4) is 0 Å². The van der Waals surface area contributed by atoms with Crippen molar-refractivity contribution in [2.45, 2.75) is 46.7 Å². The lowest BCUT2D eigenvalue weighted by molar-refractivity contribution is 0.337. The molecule has 20 heavy (non-hydrogen) atoms. The van der Waals surface area contributed by atoms with E-state index >= 15 is 0 Å². The highest BCUT2D eigenvalue weighted by Gasteiger charge is 2.44. The fourth-order valence-electron chi connectivity index (χ4n) is 3.12. The standard InChI is InChI=1S/C17H25N3/c1-4-20-16-8-6-5-7-14(16)15(19-20)11-18-12-17(9-10-17)13(2)3/h5-8,13,18H,4,9-12H2,1-3H3. The van der Waals surface area contributed by atoms with E-state index in [1.165, 1.54) is 29.4 Å². The Bertz CT molecular complexity index is 593. The van der Waals surface area contributed by atoms with Crippen molar-refractivity contribution >= 4 is 10.9 Å². The Morgan fingerprint density at radius 2 is 2.05 bits per heavy atom. The fraction of sp³-hybridized carbons (Fsp3) is 0.588. The monoisotopic (exact) mass is 271 g/mol. The maximum absolute atomic E-state index is 4.75. The van der Waals surface area contributed by atoms with Crippen LogP contribution in [-0.4, -0.2) is 16.3 Å². The molecule has 1 aliphatic rings. The van der Waals surface area contributed by atoms with Gasteiger partial charge in [-0.15, -0.1) is 0 Å². The zero-order valence-electron chi connectivity index (χ0n) is 12.8. The Kier molecular flexibility index (Phi) is 3.55. The molecule has 0 atom stereocenters. The Hall–Kier alpha value is -1.35. The number of hydrogen-bond acceptors (Lipinski definition) is 2. The van der Waals surface area contributed by atoms with Crippen LogP contribution in [0.5, 0.6) is 0 Å². The quantitative estimate of drug-likeness (QED) is 0.870. The van der Waals surface area contributed by atoms with Crippen LogP contribution in [0.3, 0.4) is 0 Å². The summed E-state index contributed by atoms with van der Waals surface area (Å²) in [5.41, 5.74) is 2.99. The molecule has 3 heteroatoms. The van der Waals surface area contributed by atoms with E-state index in [4.69, 9.17) is 5.10 Å². The van der Waals surface area contributed by atoms with Gasteiger partial charge in [0.2, 0.25) is 0 Å². The van der Waals surface area contributed by atoms with Gasteiger partial charge in [0.1, 0.15) is 0 Å². The smallest absolute Gasteiger partial charge is 0.0841 e. The number of aromatic nitrogens is 2. The summed E-state index contributed by atoms with van der Waals surface area (Å²) in [6, 6.07) is 8.53. The fourth-order valence-corrected chi connectivity index (χ4v) is 3.12. The lowest BCUT2D eigenvalue weighted by atomic mass is 9.92. The molecule has 0 amide bonds. The summed E-state index contributed by atoms with van der Waals surface area (Å²) in [6.45, 7) is 9.76. The number of aryl methyl sites for hydroxylation is 1. The van der Waals surface area contributed by atoms with Gasteiger partial charge in [0.15, 0.2) is 0 Å². The van der Waals surface area contributed by atoms with Gasteiger partial charge in [-0.3, -0.25) is 4.68 Å². The third-order valence-corrected chi connectivity index (χ3v) is 4.92. The van der Waals surface area contributed by atoms with Crippen molar-refractivity contribution in [1.29, 1.82) is 0 Å². The van der Waals surface area contributed by atoms with E-state index in [1.807, 2.05) is 0 Å². The predicted molar refractivity (Wildman–Crippen MR) is 83.6 cm³/mol. The maximum atomic E-state index is 4.75. The van der Waals surface area contributed by atoms with Crippen LogP contribution in [0.15, 0.2) is 24.3 Å². The summed E-state index contributed by atoms with van der Waals surface area (Å²) in [5, 5.41) is 9.67. The molecule has 1 aliphatic carbocycles. The van der Waals surface area contributed by atoms with E-state index in [0.717, 1.165) is 25.6 Å². The van der Waals surface area contributed by atoms with Crippen molar-refractivity contribution in [3.05, 3.63) is 30.0 Å². The molecular formula is C17H25N3. The molecule has 0 aliphatic heterocycles. The Morgan fingerprint density at radius 3 is 2.70 bits per heavy atom. The van der Waals surface area contributed by atoms with Crippen LogP contribution in [0.2, 0.25) is 0 Å². The van der Waals surface area contributed by atoms with E-state index in [9.17, 15) is 0 Å². The van der Waals surface area contributed by atoms with Gasteiger partial charge in [-0.25, -0.2) is 0 Å². The first kappa shape index (κ1) is 13.6. The summed E-state index contributed by atoms with van der Waals surface area (Å²) in [4.78, 5) is 0. The number of hydrogen-bond donors (Lipinski definition) is 1. The third-order valence-electron chi connectivity index (χ3n) is 4.92. The normalized spacial score (nSPS) is 17.0. The summed E-state index contributed by atoms with van der Waals surface area (Å²) in [5.74, 6) is 0.778. The van der Waals surface area contributed by atoms with Crippen LogP contribution in [-0.2, 0) is 13.1 Å². The van der Waals surface area contributed by atoms with Crippen molar-refractivity contribution in [3.63, 3.8) is 0 Å². The van der Waals surface area contributed by atoms with Gasteiger partial charge in [0.25, 0.3) is 0 Å². The third kappa shape index (κ3) is 2.35. The van der Waals surface area contributed by atoms with E-state index < -0.39 is 0 Å². The second-order valence-electron chi connectivity index (χ2n) is 6.40. The van der Waals surface area contributed by atoms with Crippen LogP contribution in [0, 0.1) is 11.3 Å². The van der Waals surface area contributed by atoms with Gasteiger partial charge in [-0.05, 0) is 37.2 Å². The number of fused-ring (bicyclic) bond motifs is 1. The minimum Gasteiger partial charge on any atom is -0.311 e. The van der Waals surface area contributed by atoms with Crippen LogP contribution in [0.1, 0.15) is 39.3 Å². The van der Waals surface area contributed by atoms with Gasteiger partial charge in [0, 0.05) is 25.0 Å². The van der Waals surface area contributed by atoms with Crippen LogP contribution >= 0.6 is 0 Å². The second-order valence-corrected chi connectivity index (χ2v) is 6.40. The molecule has 3 rings (SSSR count). The van der Waals surface area contributed by atoms with Gasteiger partial charge < -0.3 is 5.32 Å². The maximum Gasteiger partial charge on any atom is 0.0841 e. The first-order valence-corrected chi connectivity index (χ1v) is 7.81. The van der Waals surface area contributed by atoms with Crippen molar-refractivity contribution in [2.24, 2.45) is 11.3 Å². The highest BCUT2D eigenvalue weighted by molar-refractivity contribution is 5.81. The van der Waals surface area contributed by atoms with Crippen LogP contribution in [0.25, 0.3) is 10.9 Å². The van der Waals surface area contributed by atoms with E-state index in [0.29, 0.717) is 5.41 Å². The largest absolute Gasteiger partial charge is 0.311 e. The second kappa shape index (κ2) is 5.21. The molecule has 0 radical (unpaired) electrons. The van der Waals surface area contributed by atoms with Crippen LogP contribution in [0.4, 0.5) is 0 Å². The average molecular weight is 271 g/mol. The highest BCUT2D eigenvalue weighted by Crippen LogP contribution is 2.51. The molecule has 0 spiro atoms. The lowest BCUT2D eigenvalue weighted by Gasteiger charge is -2.19. The summed E-state index contributed by atoms with van der Waals surface area (Å²) >= 11 is 0. The SMILES string of the molecule is CCn1nc(CNCC2(C(C)C)CC2)c2ccccc21. The zero-order valence-corrected chi connectivity index (χ0v) is 12.8. The van der Waals surface area contributed by atoms with Crippen LogP contribution < -0.4 is 5.32 Å². The van der Waals surface area contributed by atoms with E-state index in [2.05, 4.69) is 55.0 Å². The topological polar surface area (TPSA) is 29.9 Å². The van der Waals surface area contributed by atoms with Gasteiger partial charge in [0.05, 0.1) is 11.2 Å². The molecule has 1 aromatic heterocycles. The first-order chi connectivity index (χ1) is 9.66. The average Bonchev–Trinajstić information content (AvgIpc) is 3.16. The minimum absolute atomic E-state index is 0.559. The van der Waals surface area contributed by atoms with Gasteiger partial charge >= 0.3 is 0 Å².